The molecule has 1 saturated heterocycles. The third kappa shape index (κ3) is 11.7. The smallest absolute Gasteiger partial charge is 0.305 e. The fraction of sp³-hybridized carbons (Fsp3) is 0.390. The van der Waals surface area contributed by atoms with Crippen LogP contribution in [-0.2, 0) is 49.5 Å². The van der Waals surface area contributed by atoms with Crippen molar-refractivity contribution >= 4 is 57.3 Å². The molecule has 60 heavy (non-hydrogen) atoms. The average Bonchev–Trinajstić information content (AvgIpc) is 3.23. The number of aromatic amines is 1. The Morgan fingerprint density at radius 2 is 1.65 bits per heavy atom. The van der Waals surface area contributed by atoms with Crippen LogP contribution in [0.3, 0.4) is 0 Å². The van der Waals surface area contributed by atoms with Crippen LogP contribution in [0.2, 0.25) is 0 Å². The Labute approximate surface area is 343 Å². The maximum Gasteiger partial charge on any atom is 0.305 e. The number of rotatable bonds is 19. The van der Waals surface area contributed by atoms with E-state index < -0.39 is 91.4 Å². The van der Waals surface area contributed by atoms with Gasteiger partial charge in [-0.2, -0.15) is 0 Å². The standard InChI is InChI=1S/C41H48N6O13/c1-22(44-31(50)21-58-37-34(45-23(2)49)41(60-30(19-48)36(37)53)59-20-24-9-4-3-5-10-24)39(55)47-29(38(42)54)15-16-32(51)57-18-17-43-40(56)27-13-8-12-26-33(27)46-28-14-7-6-11-25(28)35(26)52/h3-14,22,29-30,34,36-37,41,48,53H,15-21H2,1-2H3,(H2,42,54)(H,43,56)(H,44,50)(H,45,49)(H,46,52)(H,47,55)/t22-,29+,30+,34+,36+,37+,41-/m0/s1. The molecule has 1 aliphatic heterocycles. The molecule has 3 aromatic carbocycles. The summed E-state index contributed by atoms with van der Waals surface area (Å²) >= 11 is 0. The summed E-state index contributed by atoms with van der Waals surface area (Å²) in [6.07, 6.45) is -5.73. The summed E-state index contributed by atoms with van der Waals surface area (Å²) in [6.45, 7) is 0.991. The lowest BCUT2D eigenvalue weighted by atomic mass is 9.96. The number of nitrogens with two attached hydrogens (primary N) is 1. The Morgan fingerprint density at radius 1 is 0.933 bits per heavy atom. The summed E-state index contributed by atoms with van der Waals surface area (Å²) in [5.74, 6) is -4.34. The van der Waals surface area contributed by atoms with Gasteiger partial charge in [0, 0.05) is 29.6 Å². The van der Waals surface area contributed by atoms with Gasteiger partial charge in [0.25, 0.3) is 5.91 Å². The molecule has 0 aliphatic carbocycles. The predicted molar refractivity (Wildman–Crippen MR) is 214 cm³/mol. The molecule has 19 heteroatoms. The number of amides is 5. The molecule has 0 spiro atoms. The summed E-state index contributed by atoms with van der Waals surface area (Å²) in [6, 6.07) is 17.1. The number of nitrogens with one attached hydrogen (secondary N) is 5. The zero-order valence-electron chi connectivity index (χ0n) is 32.9. The number of fused-ring (bicyclic) bond motifs is 2. The van der Waals surface area contributed by atoms with Crippen LogP contribution in [0.25, 0.3) is 21.8 Å². The molecule has 0 radical (unpaired) electrons. The zero-order valence-corrected chi connectivity index (χ0v) is 32.9. The molecular weight excluding hydrogens is 784 g/mol. The van der Waals surface area contributed by atoms with E-state index in [2.05, 4.69) is 26.3 Å². The minimum atomic E-state index is -1.50. The van der Waals surface area contributed by atoms with E-state index in [-0.39, 0.29) is 43.6 Å². The van der Waals surface area contributed by atoms with Crippen LogP contribution in [0.1, 0.15) is 42.6 Å². The number of para-hydroxylation sites is 2. The summed E-state index contributed by atoms with van der Waals surface area (Å²) in [7, 11) is 0. The molecule has 0 saturated carbocycles. The van der Waals surface area contributed by atoms with E-state index in [1.807, 2.05) is 6.07 Å². The first-order chi connectivity index (χ1) is 28.8. The van der Waals surface area contributed by atoms with Crippen molar-refractivity contribution in [2.45, 2.75) is 76.0 Å². The van der Waals surface area contributed by atoms with Crippen LogP contribution in [0.15, 0.2) is 77.6 Å². The SMILES string of the molecule is CC(=O)N[C@H]1[C@@H](OCc2ccccc2)O[C@H](CO)[C@@H](O)[C@@H]1OCC(=O)N[C@@H](C)C(=O)N[C@H](CCC(=O)OCCNC(=O)c1cccc2c(=O)c3ccccc3[nH]c12)C(N)=O. The number of ether oxygens (including phenoxy) is 4. The number of benzene rings is 3. The number of aliphatic hydroxyl groups excluding tert-OH is 2. The molecule has 7 atom stereocenters. The van der Waals surface area contributed by atoms with Gasteiger partial charge in [0.05, 0.1) is 30.8 Å². The molecule has 5 amide bonds. The van der Waals surface area contributed by atoms with Gasteiger partial charge in [-0.1, -0.05) is 48.5 Å². The van der Waals surface area contributed by atoms with Gasteiger partial charge < -0.3 is 61.1 Å². The van der Waals surface area contributed by atoms with Crippen molar-refractivity contribution in [2.24, 2.45) is 5.73 Å². The maximum atomic E-state index is 13.0. The van der Waals surface area contributed by atoms with Crippen molar-refractivity contribution in [3.63, 3.8) is 0 Å². The second-order valence-electron chi connectivity index (χ2n) is 14.0. The van der Waals surface area contributed by atoms with Gasteiger partial charge in [0.15, 0.2) is 11.7 Å². The topological polar surface area (TPSA) is 287 Å². The van der Waals surface area contributed by atoms with Crippen molar-refractivity contribution in [3.8, 4) is 0 Å². The van der Waals surface area contributed by atoms with Crippen molar-refractivity contribution in [2.75, 3.05) is 26.4 Å². The number of aromatic nitrogens is 1. The molecule has 2 heterocycles. The van der Waals surface area contributed by atoms with Gasteiger partial charge in [-0.25, -0.2) is 0 Å². The first-order valence-electron chi connectivity index (χ1n) is 19.1. The van der Waals surface area contributed by atoms with Crippen molar-refractivity contribution in [3.05, 3.63) is 94.1 Å². The number of pyridine rings is 1. The molecule has 9 N–H and O–H groups in total. The van der Waals surface area contributed by atoms with Crippen molar-refractivity contribution < 1.29 is 57.9 Å². The highest BCUT2D eigenvalue weighted by Crippen LogP contribution is 2.26. The lowest BCUT2D eigenvalue weighted by molar-refractivity contribution is -0.279. The summed E-state index contributed by atoms with van der Waals surface area (Å²) < 4.78 is 22.5. The molecule has 1 fully saturated rings. The zero-order chi connectivity index (χ0) is 43.3. The van der Waals surface area contributed by atoms with E-state index in [0.717, 1.165) is 5.56 Å². The monoisotopic (exact) mass is 832 g/mol. The van der Waals surface area contributed by atoms with Crippen LogP contribution < -0.4 is 32.4 Å². The average molecular weight is 833 g/mol. The summed E-state index contributed by atoms with van der Waals surface area (Å²) in [4.78, 5) is 91.7. The number of esters is 1. The van der Waals surface area contributed by atoms with Crippen LogP contribution in [-0.4, -0.2) is 120 Å². The van der Waals surface area contributed by atoms with Crippen LogP contribution in [0.5, 0.6) is 0 Å². The van der Waals surface area contributed by atoms with Gasteiger partial charge in [0.1, 0.15) is 49.7 Å². The number of H-pyrrole nitrogens is 1. The normalized spacial score (nSPS) is 19.8. The Bertz CT molecular complexity index is 2240. The largest absolute Gasteiger partial charge is 0.464 e. The number of hydrogen-bond donors (Lipinski definition) is 8. The lowest BCUT2D eigenvalue weighted by Crippen LogP contribution is -2.65. The van der Waals surface area contributed by atoms with Gasteiger partial charge in [-0.05, 0) is 43.2 Å². The lowest BCUT2D eigenvalue weighted by Gasteiger charge is -2.44. The number of primary amides is 1. The Morgan fingerprint density at radius 3 is 2.37 bits per heavy atom. The van der Waals surface area contributed by atoms with Gasteiger partial charge in [0.2, 0.25) is 23.6 Å². The van der Waals surface area contributed by atoms with E-state index in [0.29, 0.717) is 21.8 Å². The second kappa shape index (κ2) is 21.1. The summed E-state index contributed by atoms with van der Waals surface area (Å²) in [5, 5.41) is 31.7. The quantitative estimate of drug-likeness (QED) is 0.0333. The molecule has 0 unspecified atom stereocenters. The van der Waals surface area contributed by atoms with E-state index in [1.54, 1.807) is 66.7 Å². The number of carbonyl (C=O) groups excluding carboxylic acids is 6. The Balaban J connectivity index is 1.06. The third-order valence-corrected chi connectivity index (χ3v) is 9.59. The molecule has 5 rings (SSSR count). The highest BCUT2D eigenvalue weighted by molar-refractivity contribution is 6.07. The van der Waals surface area contributed by atoms with Crippen molar-refractivity contribution in [1.82, 2.24) is 26.3 Å². The maximum absolute atomic E-state index is 13.0. The summed E-state index contributed by atoms with van der Waals surface area (Å²) in [5.41, 5.74) is 7.19. The fourth-order valence-corrected chi connectivity index (χ4v) is 6.55. The third-order valence-electron chi connectivity index (χ3n) is 9.59. The molecule has 1 aromatic heterocycles. The van der Waals surface area contributed by atoms with Gasteiger partial charge in [-0.3, -0.25) is 33.6 Å². The van der Waals surface area contributed by atoms with Gasteiger partial charge in [-0.15, -0.1) is 0 Å². The van der Waals surface area contributed by atoms with E-state index >= 15 is 0 Å². The molecular formula is C41H48N6O13. The molecule has 1 aliphatic rings. The van der Waals surface area contributed by atoms with E-state index in [9.17, 15) is 43.8 Å². The van der Waals surface area contributed by atoms with Gasteiger partial charge >= 0.3 is 5.97 Å². The minimum Gasteiger partial charge on any atom is -0.464 e. The number of hydrogen-bond acceptors (Lipinski definition) is 13. The Hall–Kier alpha value is -6.25. The first-order valence-corrected chi connectivity index (χ1v) is 19.1. The van der Waals surface area contributed by atoms with E-state index in [4.69, 9.17) is 24.7 Å². The highest BCUT2D eigenvalue weighted by atomic mass is 16.7. The Kier molecular flexibility index (Phi) is 15.8. The first kappa shape index (κ1) is 44.8. The van der Waals surface area contributed by atoms with Crippen LogP contribution >= 0.6 is 0 Å². The molecule has 320 valence electrons. The minimum absolute atomic E-state index is 0.0553. The van der Waals surface area contributed by atoms with Crippen molar-refractivity contribution in [1.29, 1.82) is 0 Å². The highest BCUT2D eigenvalue weighted by Gasteiger charge is 2.47. The second-order valence-corrected chi connectivity index (χ2v) is 14.0. The predicted octanol–water partition coefficient (Wildman–Crippen LogP) is -0.606. The van der Waals surface area contributed by atoms with Crippen LogP contribution in [0, 0.1) is 0 Å². The van der Waals surface area contributed by atoms with E-state index in [1.165, 1.54) is 13.8 Å². The van der Waals surface area contributed by atoms with Crippen LogP contribution in [0.4, 0.5) is 0 Å². The number of carbonyl (C=O) groups is 6. The molecule has 19 nitrogen and oxygen atoms in total. The molecule has 4 aromatic rings. The number of aliphatic hydroxyl groups is 2. The molecule has 0 bridgehead atoms. The fourth-order valence-electron chi connectivity index (χ4n) is 6.55.